The Morgan fingerprint density at radius 2 is 0.862 bits per heavy atom. The molecule has 2 nitrogen and oxygen atoms in total. The molecule has 0 saturated carbocycles. The van der Waals surface area contributed by atoms with Gasteiger partial charge in [0.15, 0.2) is 0 Å². The molecule has 10 aromatic carbocycles. The normalized spacial score (nSPS) is 15.0. The molecule has 1 atom stereocenters. The number of hydrogen-bond donors (Lipinski definition) is 0. The number of aromatic nitrogens is 2. The molecule has 1 unspecified atom stereocenters. The number of hydrogen-bond acceptors (Lipinski definition) is 1. The van der Waals surface area contributed by atoms with Gasteiger partial charge in [-0.15, -0.1) is 0 Å². The van der Waals surface area contributed by atoms with Crippen LogP contribution in [0.25, 0.3) is 93.8 Å². The van der Waals surface area contributed by atoms with Crippen LogP contribution in [0.2, 0.25) is 0 Å². The van der Waals surface area contributed by atoms with Crippen LogP contribution in [0.15, 0.2) is 206 Å². The average molecular weight is 735 g/mol. The van der Waals surface area contributed by atoms with E-state index in [-0.39, 0.29) is 0 Å². The molecule has 11 aromatic rings. The summed E-state index contributed by atoms with van der Waals surface area (Å²) in [6.45, 7) is 0. The van der Waals surface area contributed by atoms with E-state index in [0.29, 0.717) is 0 Å². The summed E-state index contributed by atoms with van der Waals surface area (Å²) in [5.41, 5.74) is 16.8. The summed E-state index contributed by atoms with van der Waals surface area (Å²) in [6.07, 6.45) is 0. The quantitative estimate of drug-likeness (QED) is 0.165. The first kappa shape index (κ1) is 31.6. The zero-order valence-corrected chi connectivity index (χ0v) is 31.5. The Kier molecular flexibility index (Phi) is 6.40. The molecule has 268 valence electrons. The van der Waals surface area contributed by atoms with E-state index >= 15 is 0 Å². The van der Waals surface area contributed by atoms with Gasteiger partial charge in [-0.25, -0.2) is 4.98 Å². The largest absolute Gasteiger partial charge is 0.292 e. The van der Waals surface area contributed by atoms with Crippen LogP contribution in [-0.2, 0) is 5.41 Å². The highest BCUT2D eigenvalue weighted by Crippen LogP contribution is 2.65. The van der Waals surface area contributed by atoms with Gasteiger partial charge in [0.1, 0.15) is 5.82 Å². The van der Waals surface area contributed by atoms with Gasteiger partial charge < -0.3 is 0 Å². The maximum absolute atomic E-state index is 5.18. The lowest BCUT2D eigenvalue weighted by Gasteiger charge is -2.32. The number of benzene rings is 10. The van der Waals surface area contributed by atoms with E-state index in [2.05, 4.69) is 211 Å². The van der Waals surface area contributed by atoms with Crippen LogP contribution in [0, 0.1) is 0 Å². The van der Waals surface area contributed by atoms with Crippen LogP contribution in [0.5, 0.6) is 0 Å². The first-order valence-corrected chi connectivity index (χ1v) is 20.1. The van der Waals surface area contributed by atoms with Gasteiger partial charge >= 0.3 is 0 Å². The van der Waals surface area contributed by atoms with Crippen molar-refractivity contribution in [2.75, 3.05) is 0 Å². The van der Waals surface area contributed by atoms with Gasteiger partial charge in [0.2, 0.25) is 0 Å². The van der Waals surface area contributed by atoms with Crippen molar-refractivity contribution >= 4 is 43.4 Å². The molecule has 1 aromatic heterocycles. The monoisotopic (exact) mass is 734 g/mol. The number of fused-ring (bicyclic) bond motifs is 17. The molecular formula is C56H34N2. The number of imidazole rings is 1. The van der Waals surface area contributed by atoms with Crippen molar-refractivity contribution in [3.05, 3.63) is 229 Å². The molecule has 0 saturated heterocycles. The molecule has 2 heteroatoms. The molecule has 0 aliphatic heterocycles. The van der Waals surface area contributed by atoms with E-state index in [1.54, 1.807) is 0 Å². The molecule has 1 spiro atoms. The smallest absolute Gasteiger partial charge is 0.145 e. The fourth-order valence-electron chi connectivity index (χ4n) is 10.7. The Morgan fingerprint density at radius 3 is 1.57 bits per heavy atom. The number of para-hydroxylation sites is 3. The summed E-state index contributed by atoms with van der Waals surface area (Å²) < 4.78 is 2.28. The van der Waals surface area contributed by atoms with Gasteiger partial charge in [-0.05, 0) is 124 Å². The molecule has 0 radical (unpaired) electrons. The van der Waals surface area contributed by atoms with Gasteiger partial charge in [-0.3, -0.25) is 4.57 Å². The van der Waals surface area contributed by atoms with Crippen molar-refractivity contribution in [2.24, 2.45) is 0 Å². The number of nitrogens with zero attached hydrogens (tertiary/aromatic N) is 2. The average Bonchev–Trinajstić information content (AvgIpc) is 3.93. The third kappa shape index (κ3) is 4.08. The fraction of sp³-hybridized carbons (Fsp3) is 0.0179. The van der Waals surface area contributed by atoms with Gasteiger partial charge in [0.05, 0.1) is 16.4 Å². The van der Waals surface area contributed by atoms with Crippen LogP contribution < -0.4 is 0 Å². The van der Waals surface area contributed by atoms with E-state index in [0.717, 1.165) is 28.1 Å². The minimum absolute atomic E-state index is 0.505. The van der Waals surface area contributed by atoms with Gasteiger partial charge in [-0.2, -0.15) is 0 Å². The molecule has 58 heavy (non-hydrogen) atoms. The van der Waals surface area contributed by atoms with Crippen molar-refractivity contribution in [2.45, 2.75) is 5.41 Å². The van der Waals surface area contributed by atoms with Crippen LogP contribution in [0.1, 0.15) is 22.3 Å². The Morgan fingerprint density at radius 1 is 0.345 bits per heavy atom. The molecule has 0 amide bonds. The molecule has 0 fully saturated rings. The molecule has 0 N–H and O–H groups in total. The second-order valence-corrected chi connectivity index (χ2v) is 15.8. The van der Waals surface area contributed by atoms with Crippen molar-refractivity contribution in [1.29, 1.82) is 0 Å². The minimum Gasteiger partial charge on any atom is -0.292 e. The van der Waals surface area contributed by atoms with Crippen LogP contribution >= 0.6 is 0 Å². The van der Waals surface area contributed by atoms with E-state index < -0.39 is 5.41 Å². The van der Waals surface area contributed by atoms with Crippen LogP contribution in [-0.4, -0.2) is 9.55 Å². The fourth-order valence-corrected chi connectivity index (χ4v) is 10.7. The zero-order valence-electron chi connectivity index (χ0n) is 31.5. The highest BCUT2D eigenvalue weighted by atomic mass is 15.1. The Hall–Kier alpha value is -7.55. The third-order valence-corrected chi connectivity index (χ3v) is 13.0. The zero-order chi connectivity index (χ0) is 38.0. The summed E-state index contributed by atoms with van der Waals surface area (Å²) in [4.78, 5) is 5.18. The predicted octanol–water partition coefficient (Wildman–Crippen LogP) is 14.2. The maximum atomic E-state index is 5.18. The minimum atomic E-state index is -0.505. The van der Waals surface area contributed by atoms with E-state index in [1.807, 2.05) is 0 Å². The third-order valence-electron chi connectivity index (χ3n) is 13.0. The molecule has 2 aliphatic carbocycles. The highest BCUT2D eigenvalue weighted by Gasteiger charge is 2.53. The van der Waals surface area contributed by atoms with Crippen LogP contribution in [0.4, 0.5) is 0 Å². The predicted molar refractivity (Wildman–Crippen MR) is 241 cm³/mol. The molecule has 2 aliphatic rings. The SMILES string of the molecule is c1ccc(-n2c(-c3ccc(-c4cccc5c4C4(c6ccccc6-c6cc7c8ccccc8c8ccccc8c7cc64)c4ccccc4-5)cc3)nc3ccccc32)cc1. The Labute approximate surface area is 335 Å². The summed E-state index contributed by atoms with van der Waals surface area (Å²) in [6, 6.07) is 76.2. The van der Waals surface area contributed by atoms with Crippen molar-refractivity contribution in [3.63, 3.8) is 0 Å². The topological polar surface area (TPSA) is 17.8 Å². The molecular weight excluding hydrogens is 701 g/mol. The van der Waals surface area contributed by atoms with Gasteiger partial charge in [0.25, 0.3) is 0 Å². The maximum Gasteiger partial charge on any atom is 0.145 e. The summed E-state index contributed by atoms with van der Waals surface area (Å²) in [5.74, 6) is 0.936. The highest BCUT2D eigenvalue weighted by molar-refractivity contribution is 6.26. The summed E-state index contributed by atoms with van der Waals surface area (Å²) in [5, 5.41) is 7.79. The van der Waals surface area contributed by atoms with Crippen LogP contribution in [0.3, 0.4) is 0 Å². The van der Waals surface area contributed by atoms with Gasteiger partial charge in [0, 0.05) is 11.3 Å². The first-order chi connectivity index (χ1) is 28.8. The molecule has 0 bridgehead atoms. The summed E-state index contributed by atoms with van der Waals surface area (Å²) >= 11 is 0. The Bertz CT molecular complexity index is 3500. The van der Waals surface area contributed by atoms with E-state index in [4.69, 9.17) is 4.98 Å². The van der Waals surface area contributed by atoms with E-state index in [1.165, 1.54) is 88.0 Å². The lowest BCUT2D eigenvalue weighted by molar-refractivity contribution is 0.797. The second kappa shape index (κ2) is 11.7. The lowest BCUT2D eigenvalue weighted by Crippen LogP contribution is -2.26. The standard InChI is InChI=1S/C56H34N2/c1-2-15-37(16-3-1)58-53-28-13-12-27-52(53)57-55(58)36-31-29-35(30-32-36)38-23-14-24-45-43-21-8-10-25-49(43)56(54(38)45)50-26-11-9-22-44(50)48-33-46-41-19-6-4-17-39(41)40-18-5-7-20-42(40)47(46)34-51(48)56/h1-34H. The van der Waals surface area contributed by atoms with Crippen molar-refractivity contribution in [1.82, 2.24) is 9.55 Å². The Balaban J connectivity index is 1.08. The second-order valence-electron chi connectivity index (χ2n) is 15.8. The molecule has 1 heterocycles. The van der Waals surface area contributed by atoms with Crippen molar-refractivity contribution in [3.8, 4) is 50.5 Å². The van der Waals surface area contributed by atoms with Crippen molar-refractivity contribution < 1.29 is 0 Å². The lowest BCUT2D eigenvalue weighted by atomic mass is 9.68. The molecule has 13 rings (SSSR count). The number of rotatable bonds is 3. The summed E-state index contributed by atoms with van der Waals surface area (Å²) in [7, 11) is 0. The van der Waals surface area contributed by atoms with E-state index in [9.17, 15) is 0 Å². The van der Waals surface area contributed by atoms with Gasteiger partial charge in [-0.1, -0.05) is 170 Å². The first-order valence-electron chi connectivity index (χ1n) is 20.1.